The Labute approximate surface area is 134 Å². The molecule has 4 nitrogen and oxygen atoms in total. The second-order valence-corrected chi connectivity index (χ2v) is 5.89. The average Bonchev–Trinajstić information content (AvgIpc) is 2.58. The summed E-state index contributed by atoms with van der Waals surface area (Å²) in [6.45, 7) is 1.40. The van der Waals surface area contributed by atoms with Gasteiger partial charge in [-0.15, -0.1) is 0 Å². The van der Waals surface area contributed by atoms with E-state index in [1.54, 1.807) is 18.3 Å². The van der Waals surface area contributed by atoms with Gasteiger partial charge in [0.15, 0.2) is 0 Å². The highest BCUT2D eigenvalue weighted by Crippen LogP contribution is 2.32. The van der Waals surface area contributed by atoms with Crippen LogP contribution >= 0.6 is 0 Å². The number of aromatic nitrogens is 1. The summed E-state index contributed by atoms with van der Waals surface area (Å²) >= 11 is 0. The van der Waals surface area contributed by atoms with Gasteiger partial charge in [0.05, 0.1) is 12.0 Å². The largest absolute Gasteiger partial charge is 0.481 e. The van der Waals surface area contributed by atoms with E-state index in [9.17, 15) is 9.18 Å². The zero-order chi connectivity index (χ0) is 16.2. The van der Waals surface area contributed by atoms with Crippen molar-refractivity contribution in [1.29, 1.82) is 0 Å². The topological polar surface area (TPSA) is 53.4 Å². The number of likely N-dealkylation sites (tertiary alicyclic amines) is 1. The van der Waals surface area contributed by atoms with E-state index in [4.69, 9.17) is 5.11 Å². The van der Waals surface area contributed by atoms with E-state index in [-0.39, 0.29) is 17.8 Å². The first-order valence-electron chi connectivity index (χ1n) is 7.77. The molecule has 1 unspecified atom stereocenters. The summed E-state index contributed by atoms with van der Waals surface area (Å²) in [5.41, 5.74) is 2.03. The fourth-order valence-electron chi connectivity index (χ4n) is 3.20. The van der Waals surface area contributed by atoms with Gasteiger partial charge in [-0.2, -0.15) is 0 Å². The van der Waals surface area contributed by atoms with Gasteiger partial charge in [0.2, 0.25) is 0 Å². The lowest BCUT2D eigenvalue weighted by Crippen LogP contribution is -2.39. The summed E-state index contributed by atoms with van der Waals surface area (Å²) in [7, 11) is 0. The first-order valence-corrected chi connectivity index (χ1v) is 7.77. The summed E-state index contributed by atoms with van der Waals surface area (Å²) in [4.78, 5) is 17.6. The molecule has 0 bridgehead atoms. The number of carboxylic acid groups (broad SMARTS) is 1. The van der Waals surface area contributed by atoms with Gasteiger partial charge >= 0.3 is 5.97 Å². The summed E-state index contributed by atoms with van der Waals surface area (Å²) in [6.07, 6.45) is 4.81. The van der Waals surface area contributed by atoms with Crippen LogP contribution in [0.2, 0.25) is 0 Å². The maximum absolute atomic E-state index is 13.2. The molecular formula is C18H19FN2O2. The van der Waals surface area contributed by atoms with Crippen LogP contribution in [0.15, 0.2) is 48.8 Å². The zero-order valence-corrected chi connectivity index (χ0v) is 12.7. The normalized spacial score (nSPS) is 17.8. The maximum atomic E-state index is 13.2. The van der Waals surface area contributed by atoms with Gasteiger partial charge in [0, 0.05) is 12.4 Å². The standard InChI is InChI=1S/C18H19FN2O2/c19-16-5-3-13(4-6-16)17(15-2-1-9-20-12-15)21-10-7-14(8-11-21)18(22)23/h1-6,9,12,14,17H,7-8,10-11H2,(H,22,23). The number of carboxylic acids is 1. The lowest BCUT2D eigenvalue weighted by molar-refractivity contribution is -0.143. The third-order valence-electron chi connectivity index (χ3n) is 4.43. The van der Waals surface area contributed by atoms with Gasteiger partial charge in [-0.25, -0.2) is 4.39 Å². The lowest BCUT2D eigenvalue weighted by Gasteiger charge is -2.37. The fourth-order valence-corrected chi connectivity index (χ4v) is 3.20. The van der Waals surface area contributed by atoms with E-state index < -0.39 is 5.97 Å². The summed E-state index contributed by atoms with van der Waals surface area (Å²) < 4.78 is 13.2. The van der Waals surface area contributed by atoms with Crippen LogP contribution in [-0.4, -0.2) is 34.0 Å². The molecule has 1 aromatic heterocycles. The molecule has 1 N–H and O–H groups in total. The Bertz CT molecular complexity index is 652. The molecule has 1 aliphatic rings. The third kappa shape index (κ3) is 3.56. The highest BCUT2D eigenvalue weighted by Gasteiger charge is 2.30. The first kappa shape index (κ1) is 15.6. The van der Waals surface area contributed by atoms with Crippen molar-refractivity contribution in [3.63, 3.8) is 0 Å². The summed E-state index contributed by atoms with van der Waals surface area (Å²) in [5.74, 6) is -1.25. The SMILES string of the molecule is O=C(O)C1CCN(C(c2ccc(F)cc2)c2cccnc2)CC1. The second-order valence-electron chi connectivity index (χ2n) is 5.89. The van der Waals surface area contributed by atoms with E-state index >= 15 is 0 Å². The number of nitrogens with zero attached hydrogens (tertiary/aromatic N) is 2. The molecule has 0 aliphatic carbocycles. The van der Waals surface area contributed by atoms with E-state index in [0.717, 1.165) is 11.1 Å². The Morgan fingerprint density at radius 2 is 1.87 bits per heavy atom. The smallest absolute Gasteiger partial charge is 0.306 e. The van der Waals surface area contributed by atoms with E-state index in [1.807, 2.05) is 18.3 Å². The number of carbonyl (C=O) groups is 1. The Balaban J connectivity index is 1.87. The van der Waals surface area contributed by atoms with Crippen molar-refractivity contribution < 1.29 is 14.3 Å². The molecule has 3 rings (SSSR count). The molecule has 23 heavy (non-hydrogen) atoms. The molecule has 1 aromatic carbocycles. The molecule has 1 saturated heterocycles. The average molecular weight is 314 g/mol. The molecule has 0 saturated carbocycles. The summed E-state index contributed by atoms with van der Waals surface area (Å²) in [6, 6.07) is 10.4. The number of hydrogen-bond acceptors (Lipinski definition) is 3. The highest BCUT2D eigenvalue weighted by atomic mass is 19.1. The van der Waals surface area contributed by atoms with E-state index in [1.165, 1.54) is 12.1 Å². The first-order chi connectivity index (χ1) is 11.1. The fraction of sp³-hybridized carbons (Fsp3) is 0.333. The predicted molar refractivity (Wildman–Crippen MR) is 84.4 cm³/mol. The third-order valence-corrected chi connectivity index (χ3v) is 4.43. The molecule has 0 spiro atoms. The number of aliphatic carboxylic acids is 1. The van der Waals surface area contributed by atoms with Crippen LogP contribution in [0.4, 0.5) is 4.39 Å². The van der Waals surface area contributed by atoms with Gasteiger partial charge in [-0.05, 0) is 55.3 Å². The Morgan fingerprint density at radius 1 is 1.17 bits per heavy atom. The minimum absolute atomic E-state index is 0.0287. The van der Waals surface area contributed by atoms with Crippen molar-refractivity contribution >= 4 is 5.97 Å². The zero-order valence-electron chi connectivity index (χ0n) is 12.7. The van der Waals surface area contributed by atoms with Crippen molar-refractivity contribution in [2.75, 3.05) is 13.1 Å². The Kier molecular flexibility index (Phi) is 4.67. The van der Waals surface area contributed by atoms with Gasteiger partial charge in [-0.3, -0.25) is 14.7 Å². The molecular weight excluding hydrogens is 295 g/mol. The number of halogens is 1. The Hall–Kier alpha value is -2.27. The molecule has 120 valence electrons. The molecule has 5 heteroatoms. The van der Waals surface area contributed by atoms with Crippen molar-refractivity contribution in [2.45, 2.75) is 18.9 Å². The number of piperidine rings is 1. The van der Waals surface area contributed by atoms with Crippen molar-refractivity contribution in [1.82, 2.24) is 9.88 Å². The minimum Gasteiger partial charge on any atom is -0.481 e. The lowest BCUT2D eigenvalue weighted by atomic mass is 9.92. The number of rotatable bonds is 4. The van der Waals surface area contributed by atoms with Crippen molar-refractivity contribution in [3.05, 3.63) is 65.7 Å². The molecule has 1 fully saturated rings. The maximum Gasteiger partial charge on any atom is 0.306 e. The van der Waals surface area contributed by atoms with Gasteiger partial charge in [0.1, 0.15) is 5.82 Å². The van der Waals surface area contributed by atoms with Crippen LogP contribution in [0.25, 0.3) is 0 Å². The molecule has 0 amide bonds. The molecule has 2 heterocycles. The van der Waals surface area contributed by atoms with Gasteiger partial charge < -0.3 is 5.11 Å². The van der Waals surface area contributed by atoms with Crippen LogP contribution in [0.5, 0.6) is 0 Å². The minimum atomic E-state index is -0.718. The summed E-state index contributed by atoms with van der Waals surface area (Å²) in [5, 5.41) is 9.16. The number of hydrogen-bond donors (Lipinski definition) is 1. The van der Waals surface area contributed by atoms with E-state index in [2.05, 4.69) is 9.88 Å². The van der Waals surface area contributed by atoms with Crippen molar-refractivity contribution in [3.8, 4) is 0 Å². The molecule has 1 aliphatic heterocycles. The molecule has 2 aromatic rings. The van der Waals surface area contributed by atoms with Crippen LogP contribution in [0, 0.1) is 11.7 Å². The monoisotopic (exact) mass is 314 g/mol. The second kappa shape index (κ2) is 6.87. The van der Waals surface area contributed by atoms with E-state index in [0.29, 0.717) is 25.9 Å². The van der Waals surface area contributed by atoms with Gasteiger partial charge in [-0.1, -0.05) is 18.2 Å². The highest BCUT2D eigenvalue weighted by molar-refractivity contribution is 5.70. The van der Waals surface area contributed by atoms with Crippen LogP contribution < -0.4 is 0 Å². The van der Waals surface area contributed by atoms with Crippen LogP contribution in [0.3, 0.4) is 0 Å². The number of benzene rings is 1. The Morgan fingerprint density at radius 3 is 2.43 bits per heavy atom. The molecule has 1 atom stereocenters. The van der Waals surface area contributed by atoms with Gasteiger partial charge in [0.25, 0.3) is 0 Å². The van der Waals surface area contributed by atoms with Crippen LogP contribution in [-0.2, 0) is 4.79 Å². The predicted octanol–water partition coefficient (Wildman–Crippen LogP) is 3.11. The number of pyridine rings is 1. The molecule has 0 radical (unpaired) electrons. The quantitative estimate of drug-likeness (QED) is 0.942. The van der Waals surface area contributed by atoms with Crippen molar-refractivity contribution in [2.24, 2.45) is 5.92 Å². The van der Waals surface area contributed by atoms with Crippen LogP contribution in [0.1, 0.15) is 30.0 Å².